The zero-order valence-electron chi connectivity index (χ0n) is 12.5. The first-order valence-corrected chi connectivity index (χ1v) is 8.15. The standard InChI is InChI=1S/C16H26BrNO2/c1-3-4-5-6-7-15(18)13-8-9-16(14(17)12-13)20-11-10-19-2/h8-9,12,15H,3-7,10-11,18H2,1-2H3. The Morgan fingerprint density at radius 3 is 2.65 bits per heavy atom. The zero-order valence-corrected chi connectivity index (χ0v) is 14.1. The van der Waals surface area contributed by atoms with Gasteiger partial charge in [-0.25, -0.2) is 0 Å². The Kier molecular flexibility index (Phi) is 8.90. The average molecular weight is 344 g/mol. The molecule has 0 saturated carbocycles. The summed E-state index contributed by atoms with van der Waals surface area (Å²) in [6.07, 6.45) is 6.05. The van der Waals surface area contributed by atoms with E-state index in [0.29, 0.717) is 13.2 Å². The van der Waals surface area contributed by atoms with E-state index in [4.69, 9.17) is 15.2 Å². The van der Waals surface area contributed by atoms with E-state index in [1.807, 2.05) is 6.07 Å². The summed E-state index contributed by atoms with van der Waals surface area (Å²) >= 11 is 3.54. The van der Waals surface area contributed by atoms with E-state index in [2.05, 4.69) is 35.0 Å². The lowest BCUT2D eigenvalue weighted by Crippen LogP contribution is -2.10. The maximum Gasteiger partial charge on any atom is 0.133 e. The summed E-state index contributed by atoms with van der Waals surface area (Å²) in [5.41, 5.74) is 7.40. The zero-order chi connectivity index (χ0) is 14.8. The molecule has 0 bridgehead atoms. The van der Waals surface area contributed by atoms with Gasteiger partial charge in [0.2, 0.25) is 0 Å². The number of methoxy groups -OCH3 is 1. The van der Waals surface area contributed by atoms with Crippen molar-refractivity contribution in [1.82, 2.24) is 0 Å². The Morgan fingerprint density at radius 2 is 2.00 bits per heavy atom. The summed E-state index contributed by atoms with van der Waals surface area (Å²) in [6, 6.07) is 6.20. The Labute approximate surface area is 131 Å². The number of ether oxygens (including phenoxy) is 2. The van der Waals surface area contributed by atoms with Crippen LogP contribution < -0.4 is 10.5 Å². The summed E-state index contributed by atoms with van der Waals surface area (Å²) < 4.78 is 11.5. The van der Waals surface area contributed by atoms with Gasteiger partial charge in [0.05, 0.1) is 11.1 Å². The number of halogens is 1. The molecule has 0 aliphatic rings. The van der Waals surface area contributed by atoms with Crippen LogP contribution in [0.2, 0.25) is 0 Å². The lowest BCUT2D eigenvalue weighted by molar-refractivity contribution is 0.146. The number of hydrogen-bond donors (Lipinski definition) is 1. The fourth-order valence-corrected chi connectivity index (χ4v) is 2.57. The van der Waals surface area contributed by atoms with Crippen LogP contribution in [-0.2, 0) is 4.74 Å². The Bertz CT molecular complexity index is 385. The van der Waals surface area contributed by atoms with Gasteiger partial charge in [-0.1, -0.05) is 38.7 Å². The van der Waals surface area contributed by atoms with Gasteiger partial charge in [-0.3, -0.25) is 0 Å². The van der Waals surface area contributed by atoms with Gasteiger partial charge < -0.3 is 15.2 Å². The van der Waals surface area contributed by atoms with Gasteiger partial charge in [-0.05, 0) is 40.0 Å². The van der Waals surface area contributed by atoms with E-state index in [1.54, 1.807) is 7.11 Å². The van der Waals surface area contributed by atoms with E-state index in [1.165, 1.54) is 25.7 Å². The molecule has 0 heterocycles. The highest BCUT2D eigenvalue weighted by molar-refractivity contribution is 9.10. The number of nitrogens with two attached hydrogens (primary N) is 1. The van der Waals surface area contributed by atoms with Crippen LogP contribution in [-0.4, -0.2) is 20.3 Å². The van der Waals surface area contributed by atoms with E-state index in [-0.39, 0.29) is 6.04 Å². The molecule has 0 saturated heterocycles. The normalized spacial score (nSPS) is 12.4. The minimum absolute atomic E-state index is 0.108. The molecular formula is C16H26BrNO2. The van der Waals surface area contributed by atoms with Crippen molar-refractivity contribution in [2.45, 2.75) is 45.1 Å². The van der Waals surface area contributed by atoms with Gasteiger partial charge in [0.1, 0.15) is 12.4 Å². The minimum atomic E-state index is 0.108. The van der Waals surface area contributed by atoms with Crippen LogP contribution >= 0.6 is 15.9 Å². The van der Waals surface area contributed by atoms with Crippen molar-refractivity contribution in [1.29, 1.82) is 0 Å². The molecular weight excluding hydrogens is 318 g/mol. The monoisotopic (exact) mass is 343 g/mol. The van der Waals surface area contributed by atoms with Crippen LogP contribution in [0.5, 0.6) is 5.75 Å². The van der Waals surface area contributed by atoms with Gasteiger partial charge in [-0.2, -0.15) is 0 Å². The van der Waals surface area contributed by atoms with Crippen molar-refractivity contribution < 1.29 is 9.47 Å². The summed E-state index contributed by atoms with van der Waals surface area (Å²) in [5.74, 6) is 0.837. The van der Waals surface area contributed by atoms with E-state index < -0.39 is 0 Å². The van der Waals surface area contributed by atoms with Crippen LogP contribution in [0.15, 0.2) is 22.7 Å². The van der Waals surface area contributed by atoms with Crippen LogP contribution in [0.25, 0.3) is 0 Å². The van der Waals surface area contributed by atoms with Crippen molar-refractivity contribution in [3.8, 4) is 5.75 Å². The molecule has 114 valence electrons. The molecule has 3 nitrogen and oxygen atoms in total. The topological polar surface area (TPSA) is 44.5 Å². The van der Waals surface area contributed by atoms with Gasteiger partial charge in [0.15, 0.2) is 0 Å². The second-order valence-corrected chi connectivity index (χ2v) is 5.84. The Hall–Kier alpha value is -0.580. The first kappa shape index (κ1) is 17.5. The van der Waals surface area contributed by atoms with Gasteiger partial charge in [0, 0.05) is 13.2 Å². The molecule has 4 heteroatoms. The highest BCUT2D eigenvalue weighted by atomic mass is 79.9. The average Bonchev–Trinajstić information content (AvgIpc) is 2.45. The molecule has 0 aliphatic carbocycles. The first-order valence-electron chi connectivity index (χ1n) is 7.35. The molecule has 0 spiro atoms. The molecule has 0 radical (unpaired) electrons. The van der Waals surface area contributed by atoms with Gasteiger partial charge in [0.25, 0.3) is 0 Å². The molecule has 1 atom stereocenters. The molecule has 0 fully saturated rings. The minimum Gasteiger partial charge on any atom is -0.490 e. The van der Waals surface area contributed by atoms with Crippen molar-refractivity contribution in [3.63, 3.8) is 0 Å². The molecule has 0 aromatic heterocycles. The summed E-state index contributed by atoms with van der Waals surface area (Å²) in [5, 5.41) is 0. The first-order chi connectivity index (χ1) is 9.69. The van der Waals surface area contributed by atoms with Crippen molar-refractivity contribution in [2.24, 2.45) is 5.73 Å². The molecule has 1 aromatic rings. The molecule has 0 aliphatic heterocycles. The quantitative estimate of drug-likeness (QED) is 0.638. The second kappa shape index (κ2) is 10.2. The fraction of sp³-hybridized carbons (Fsp3) is 0.625. The third kappa shape index (κ3) is 6.25. The second-order valence-electron chi connectivity index (χ2n) is 4.99. The number of benzene rings is 1. The molecule has 1 rings (SSSR count). The van der Waals surface area contributed by atoms with Crippen LogP contribution in [0.3, 0.4) is 0 Å². The van der Waals surface area contributed by atoms with Crippen molar-refractivity contribution in [2.75, 3.05) is 20.3 Å². The Balaban J connectivity index is 2.48. The highest BCUT2D eigenvalue weighted by Crippen LogP contribution is 2.29. The molecule has 0 amide bonds. The molecule has 2 N–H and O–H groups in total. The largest absolute Gasteiger partial charge is 0.490 e. The molecule has 1 unspecified atom stereocenters. The van der Waals surface area contributed by atoms with E-state index >= 15 is 0 Å². The lowest BCUT2D eigenvalue weighted by atomic mass is 10.0. The van der Waals surface area contributed by atoms with Crippen LogP contribution in [0.4, 0.5) is 0 Å². The summed E-state index contributed by atoms with van der Waals surface area (Å²) in [4.78, 5) is 0. The van der Waals surface area contributed by atoms with Gasteiger partial charge in [-0.15, -0.1) is 0 Å². The molecule has 1 aromatic carbocycles. The number of rotatable bonds is 10. The number of unbranched alkanes of at least 4 members (excludes halogenated alkanes) is 3. The van der Waals surface area contributed by atoms with Crippen LogP contribution in [0.1, 0.15) is 50.6 Å². The van der Waals surface area contributed by atoms with E-state index in [0.717, 1.165) is 22.2 Å². The van der Waals surface area contributed by atoms with E-state index in [9.17, 15) is 0 Å². The van der Waals surface area contributed by atoms with Crippen molar-refractivity contribution >= 4 is 15.9 Å². The van der Waals surface area contributed by atoms with Crippen molar-refractivity contribution in [3.05, 3.63) is 28.2 Å². The predicted octanol–water partition coefficient (Wildman–Crippen LogP) is 4.44. The lowest BCUT2D eigenvalue weighted by Gasteiger charge is -2.14. The maximum absolute atomic E-state index is 6.24. The summed E-state index contributed by atoms with van der Waals surface area (Å²) in [6.45, 7) is 3.36. The Morgan fingerprint density at radius 1 is 1.20 bits per heavy atom. The molecule has 20 heavy (non-hydrogen) atoms. The third-order valence-electron chi connectivity index (χ3n) is 3.30. The fourth-order valence-electron chi connectivity index (χ4n) is 2.06. The van der Waals surface area contributed by atoms with Crippen LogP contribution in [0, 0.1) is 0 Å². The predicted molar refractivity (Wildman–Crippen MR) is 87.2 cm³/mol. The highest BCUT2D eigenvalue weighted by Gasteiger charge is 2.09. The summed E-state index contributed by atoms with van der Waals surface area (Å²) in [7, 11) is 1.67. The SMILES string of the molecule is CCCCCCC(N)c1ccc(OCCOC)c(Br)c1. The van der Waals surface area contributed by atoms with Gasteiger partial charge >= 0.3 is 0 Å². The smallest absolute Gasteiger partial charge is 0.133 e. The maximum atomic E-state index is 6.24. The number of hydrogen-bond acceptors (Lipinski definition) is 3. The third-order valence-corrected chi connectivity index (χ3v) is 3.92.